The van der Waals surface area contributed by atoms with E-state index in [0.717, 1.165) is 22.3 Å². The molecule has 3 rings (SSSR count). The molecule has 1 aromatic carbocycles. The molecule has 3 N–H and O–H groups in total. The standard InChI is InChI=1S/C21H21N5O/c1-14-5-6-15(2)18(10-14)20(17-4-3-9-23-13-17)26-19(27)8-7-16-11-24-21(22)25-12-16/h3-13,20H,1-2H3,(H,26,27)(H2,22,24,25). The number of anilines is 1. The van der Waals surface area contributed by atoms with Crippen LogP contribution in [0.25, 0.3) is 6.08 Å². The van der Waals surface area contributed by atoms with Crippen molar-refractivity contribution in [3.8, 4) is 0 Å². The summed E-state index contributed by atoms with van der Waals surface area (Å²) < 4.78 is 0. The van der Waals surface area contributed by atoms with Gasteiger partial charge in [0.1, 0.15) is 0 Å². The maximum Gasteiger partial charge on any atom is 0.244 e. The van der Waals surface area contributed by atoms with Crippen molar-refractivity contribution < 1.29 is 4.79 Å². The molecule has 0 spiro atoms. The molecule has 0 aliphatic rings. The minimum Gasteiger partial charge on any atom is -0.368 e. The molecule has 27 heavy (non-hydrogen) atoms. The van der Waals surface area contributed by atoms with Crippen molar-refractivity contribution in [2.24, 2.45) is 0 Å². The van der Waals surface area contributed by atoms with Gasteiger partial charge in [-0.1, -0.05) is 29.8 Å². The predicted molar refractivity (Wildman–Crippen MR) is 106 cm³/mol. The quantitative estimate of drug-likeness (QED) is 0.683. The van der Waals surface area contributed by atoms with Crippen LogP contribution in [0.1, 0.15) is 33.9 Å². The predicted octanol–water partition coefficient (Wildman–Crippen LogP) is 2.99. The van der Waals surface area contributed by atoms with Gasteiger partial charge < -0.3 is 11.1 Å². The number of hydrogen-bond donors (Lipinski definition) is 2. The molecule has 0 radical (unpaired) electrons. The number of rotatable bonds is 5. The van der Waals surface area contributed by atoms with Crippen LogP contribution in [0.2, 0.25) is 0 Å². The Labute approximate surface area is 158 Å². The van der Waals surface area contributed by atoms with Gasteiger partial charge in [0.2, 0.25) is 11.9 Å². The number of carbonyl (C=O) groups excluding carboxylic acids is 1. The van der Waals surface area contributed by atoms with Crippen molar-refractivity contribution in [1.82, 2.24) is 20.3 Å². The van der Waals surface area contributed by atoms with Crippen LogP contribution in [-0.2, 0) is 4.79 Å². The molecule has 0 fully saturated rings. The van der Waals surface area contributed by atoms with Crippen LogP contribution in [0.3, 0.4) is 0 Å². The fourth-order valence-electron chi connectivity index (χ4n) is 2.75. The molecule has 2 aromatic heterocycles. The topological polar surface area (TPSA) is 93.8 Å². The third-order valence-corrected chi connectivity index (χ3v) is 4.17. The van der Waals surface area contributed by atoms with Crippen molar-refractivity contribution in [2.45, 2.75) is 19.9 Å². The van der Waals surface area contributed by atoms with Crippen LogP contribution in [-0.4, -0.2) is 20.9 Å². The molecule has 3 aromatic rings. The minimum absolute atomic E-state index is 0.197. The smallest absolute Gasteiger partial charge is 0.244 e. The van der Waals surface area contributed by atoms with Gasteiger partial charge in [-0.2, -0.15) is 0 Å². The largest absolute Gasteiger partial charge is 0.368 e. The summed E-state index contributed by atoms with van der Waals surface area (Å²) in [4.78, 5) is 24.6. The molecule has 1 atom stereocenters. The summed E-state index contributed by atoms with van der Waals surface area (Å²) >= 11 is 0. The average molecular weight is 359 g/mol. The first-order chi connectivity index (χ1) is 13.0. The van der Waals surface area contributed by atoms with Crippen LogP contribution in [0.5, 0.6) is 0 Å². The van der Waals surface area contributed by atoms with Gasteiger partial charge >= 0.3 is 0 Å². The van der Waals surface area contributed by atoms with E-state index in [0.29, 0.717) is 5.56 Å². The number of nitrogens with zero attached hydrogens (tertiary/aromatic N) is 3. The van der Waals surface area contributed by atoms with Gasteiger partial charge in [-0.15, -0.1) is 0 Å². The zero-order valence-electron chi connectivity index (χ0n) is 15.3. The molecule has 0 saturated heterocycles. The molecule has 0 bridgehead atoms. The van der Waals surface area contributed by atoms with Crippen LogP contribution in [0.4, 0.5) is 5.95 Å². The maximum atomic E-state index is 12.6. The van der Waals surface area contributed by atoms with Gasteiger partial charge in [-0.05, 0) is 42.7 Å². The number of hydrogen-bond acceptors (Lipinski definition) is 5. The lowest BCUT2D eigenvalue weighted by Gasteiger charge is -2.21. The van der Waals surface area contributed by atoms with E-state index in [9.17, 15) is 4.79 Å². The van der Waals surface area contributed by atoms with Gasteiger partial charge in [-0.3, -0.25) is 9.78 Å². The van der Waals surface area contributed by atoms with E-state index < -0.39 is 0 Å². The van der Waals surface area contributed by atoms with E-state index >= 15 is 0 Å². The summed E-state index contributed by atoms with van der Waals surface area (Å²) in [6.07, 6.45) is 9.73. The number of amides is 1. The van der Waals surface area contributed by atoms with Gasteiger partial charge in [0, 0.05) is 36.4 Å². The fourth-order valence-corrected chi connectivity index (χ4v) is 2.75. The zero-order chi connectivity index (χ0) is 19.2. The molecule has 0 aliphatic heterocycles. The van der Waals surface area contributed by atoms with Crippen molar-refractivity contribution in [2.75, 3.05) is 5.73 Å². The van der Waals surface area contributed by atoms with Crippen LogP contribution in [0.15, 0.2) is 61.2 Å². The highest BCUT2D eigenvalue weighted by Gasteiger charge is 2.18. The summed E-state index contributed by atoms with van der Waals surface area (Å²) in [5, 5.41) is 3.07. The normalized spacial score (nSPS) is 12.1. The summed E-state index contributed by atoms with van der Waals surface area (Å²) in [5.41, 5.74) is 10.4. The summed E-state index contributed by atoms with van der Waals surface area (Å²) in [6.45, 7) is 4.07. The Morgan fingerprint density at radius 3 is 2.63 bits per heavy atom. The Balaban J connectivity index is 1.86. The molecule has 6 heteroatoms. The van der Waals surface area contributed by atoms with Crippen molar-refractivity contribution in [1.29, 1.82) is 0 Å². The Hall–Kier alpha value is -3.54. The first-order valence-electron chi connectivity index (χ1n) is 8.56. The van der Waals surface area contributed by atoms with Crippen LogP contribution < -0.4 is 11.1 Å². The van der Waals surface area contributed by atoms with E-state index in [2.05, 4.69) is 38.5 Å². The molecule has 1 unspecified atom stereocenters. The highest BCUT2D eigenvalue weighted by atomic mass is 16.1. The molecular weight excluding hydrogens is 338 g/mol. The van der Waals surface area contributed by atoms with E-state index in [1.807, 2.05) is 26.0 Å². The summed E-state index contributed by atoms with van der Waals surface area (Å²) in [6, 6.07) is 9.73. The SMILES string of the molecule is Cc1ccc(C)c(C(NC(=O)C=Cc2cnc(N)nc2)c2cccnc2)c1. The second-order valence-electron chi connectivity index (χ2n) is 6.30. The first-order valence-corrected chi connectivity index (χ1v) is 8.56. The fraction of sp³-hybridized carbons (Fsp3) is 0.143. The lowest BCUT2D eigenvalue weighted by Crippen LogP contribution is -2.28. The number of nitrogens with two attached hydrogens (primary N) is 1. The van der Waals surface area contributed by atoms with Gasteiger partial charge in [0.05, 0.1) is 6.04 Å². The molecular formula is C21H21N5O. The number of pyridine rings is 1. The van der Waals surface area contributed by atoms with E-state index in [4.69, 9.17) is 5.73 Å². The lowest BCUT2D eigenvalue weighted by molar-refractivity contribution is -0.116. The molecule has 0 aliphatic carbocycles. The zero-order valence-corrected chi connectivity index (χ0v) is 15.3. The van der Waals surface area contributed by atoms with Crippen molar-refractivity contribution in [3.05, 3.63) is 89.0 Å². The maximum absolute atomic E-state index is 12.6. The van der Waals surface area contributed by atoms with Crippen molar-refractivity contribution >= 4 is 17.9 Å². The Morgan fingerprint density at radius 2 is 1.93 bits per heavy atom. The van der Waals surface area contributed by atoms with Gasteiger partial charge in [0.15, 0.2) is 0 Å². The number of aromatic nitrogens is 3. The number of nitrogens with one attached hydrogen (secondary N) is 1. The van der Waals surface area contributed by atoms with E-state index in [1.165, 1.54) is 6.08 Å². The second-order valence-corrected chi connectivity index (χ2v) is 6.30. The first kappa shape index (κ1) is 18.3. The number of nitrogen functional groups attached to an aromatic ring is 1. The number of aryl methyl sites for hydroxylation is 2. The molecule has 0 saturated carbocycles. The van der Waals surface area contributed by atoms with Crippen LogP contribution in [0, 0.1) is 13.8 Å². The molecule has 136 valence electrons. The van der Waals surface area contributed by atoms with Crippen molar-refractivity contribution in [3.63, 3.8) is 0 Å². The third kappa shape index (κ3) is 4.76. The highest BCUT2D eigenvalue weighted by molar-refractivity contribution is 5.92. The lowest BCUT2D eigenvalue weighted by atomic mass is 9.94. The third-order valence-electron chi connectivity index (χ3n) is 4.17. The van der Waals surface area contributed by atoms with Crippen LogP contribution >= 0.6 is 0 Å². The Kier molecular flexibility index (Phi) is 5.56. The molecule has 2 heterocycles. The van der Waals surface area contributed by atoms with Gasteiger partial charge in [0.25, 0.3) is 0 Å². The number of carbonyl (C=O) groups is 1. The minimum atomic E-state index is -0.293. The second kappa shape index (κ2) is 8.23. The summed E-state index contributed by atoms with van der Waals surface area (Å²) in [7, 11) is 0. The number of benzene rings is 1. The van der Waals surface area contributed by atoms with Gasteiger partial charge in [-0.25, -0.2) is 9.97 Å². The Bertz CT molecular complexity index is 952. The average Bonchev–Trinajstić information content (AvgIpc) is 2.68. The Morgan fingerprint density at radius 1 is 1.15 bits per heavy atom. The van der Waals surface area contributed by atoms with E-state index in [-0.39, 0.29) is 17.9 Å². The van der Waals surface area contributed by atoms with E-state index in [1.54, 1.807) is 30.9 Å². The highest BCUT2D eigenvalue weighted by Crippen LogP contribution is 2.25. The monoisotopic (exact) mass is 359 g/mol. The summed E-state index contributed by atoms with van der Waals surface area (Å²) in [5.74, 6) is -0.0234. The molecule has 1 amide bonds. The molecule has 6 nitrogen and oxygen atoms in total.